The molecule has 140 valence electrons. The van der Waals surface area contributed by atoms with E-state index in [9.17, 15) is 4.79 Å². The molecule has 0 bridgehead atoms. The topological polar surface area (TPSA) is 73.3 Å². The Labute approximate surface area is 162 Å². The average Bonchev–Trinajstić information content (AvgIpc) is 3.14. The van der Waals surface area contributed by atoms with Crippen LogP contribution in [-0.2, 0) is 13.0 Å². The van der Waals surface area contributed by atoms with Gasteiger partial charge in [0, 0.05) is 29.1 Å². The maximum Gasteiger partial charge on any atom is 0.257 e. The third-order valence-electron chi connectivity index (χ3n) is 3.88. The summed E-state index contributed by atoms with van der Waals surface area (Å²) in [6.07, 6.45) is 1.77. The molecule has 7 heteroatoms. The van der Waals surface area contributed by atoms with Crippen molar-refractivity contribution in [1.82, 2.24) is 9.36 Å². The third kappa shape index (κ3) is 4.83. The zero-order valence-corrected chi connectivity index (χ0v) is 16.1. The van der Waals surface area contributed by atoms with Crippen LogP contribution >= 0.6 is 11.5 Å². The molecule has 0 aliphatic carbocycles. The fraction of sp³-hybridized carbons (Fsp3) is 0.250. The molecule has 0 saturated carbocycles. The van der Waals surface area contributed by atoms with E-state index >= 15 is 0 Å². The van der Waals surface area contributed by atoms with Gasteiger partial charge in [0.1, 0.15) is 12.4 Å². The molecular formula is C20H21N3O3S. The summed E-state index contributed by atoms with van der Waals surface area (Å²) in [7, 11) is 1.60. The highest BCUT2D eigenvalue weighted by Gasteiger charge is 2.14. The number of ether oxygens (including phenoxy) is 2. The van der Waals surface area contributed by atoms with E-state index in [-0.39, 0.29) is 12.5 Å². The summed E-state index contributed by atoms with van der Waals surface area (Å²) in [4.78, 5) is 17.0. The van der Waals surface area contributed by atoms with Crippen molar-refractivity contribution < 1.29 is 14.3 Å². The normalized spacial score (nSPS) is 10.4. The molecule has 3 rings (SSSR count). The predicted octanol–water partition coefficient (Wildman–Crippen LogP) is 4.33. The molecule has 0 aliphatic heterocycles. The average molecular weight is 383 g/mol. The van der Waals surface area contributed by atoms with E-state index in [0.29, 0.717) is 22.2 Å². The minimum atomic E-state index is -0.228. The lowest BCUT2D eigenvalue weighted by atomic mass is 10.1. The van der Waals surface area contributed by atoms with Crippen LogP contribution in [0.25, 0.3) is 0 Å². The van der Waals surface area contributed by atoms with E-state index < -0.39 is 0 Å². The van der Waals surface area contributed by atoms with Gasteiger partial charge in [0.2, 0.25) is 5.13 Å². The number of aryl methyl sites for hydroxylation is 1. The number of benzene rings is 2. The lowest BCUT2D eigenvalue weighted by Crippen LogP contribution is -2.15. The molecule has 2 aromatic carbocycles. The quantitative estimate of drug-likeness (QED) is 0.627. The largest absolute Gasteiger partial charge is 0.493 e. The summed E-state index contributed by atoms with van der Waals surface area (Å²) in [5.41, 5.74) is 1.32. The van der Waals surface area contributed by atoms with Gasteiger partial charge in [-0.05, 0) is 24.6 Å². The Bertz CT molecular complexity index is 911. The molecule has 1 heterocycles. The zero-order chi connectivity index (χ0) is 19.1. The summed E-state index contributed by atoms with van der Waals surface area (Å²) in [5, 5.41) is 3.33. The fourth-order valence-electron chi connectivity index (χ4n) is 2.56. The highest BCUT2D eigenvalue weighted by atomic mass is 32.1. The number of hydrogen-bond donors (Lipinski definition) is 1. The van der Waals surface area contributed by atoms with Crippen LogP contribution in [0.4, 0.5) is 5.13 Å². The van der Waals surface area contributed by atoms with Gasteiger partial charge in [-0.2, -0.15) is 4.37 Å². The Morgan fingerprint density at radius 3 is 2.63 bits per heavy atom. The predicted molar refractivity (Wildman–Crippen MR) is 106 cm³/mol. The van der Waals surface area contributed by atoms with Crippen molar-refractivity contribution in [3.63, 3.8) is 0 Å². The molecule has 0 fully saturated rings. The SMILES string of the molecule is CCCc1nsc(NC(=O)c2ccccc2COc2ccccc2OC)n1. The van der Waals surface area contributed by atoms with E-state index in [4.69, 9.17) is 9.47 Å². The maximum atomic E-state index is 12.7. The van der Waals surface area contributed by atoms with Gasteiger partial charge in [0.15, 0.2) is 11.5 Å². The van der Waals surface area contributed by atoms with Crippen molar-refractivity contribution in [3.8, 4) is 11.5 Å². The van der Waals surface area contributed by atoms with E-state index in [1.807, 2.05) is 42.5 Å². The highest BCUT2D eigenvalue weighted by molar-refractivity contribution is 7.09. The van der Waals surface area contributed by atoms with Gasteiger partial charge in [-0.1, -0.05) is 37.3 Å². The van der Waals surface area contributed by atoms with Crippen LogP contribution in [0, 0.1) is 0 Å². The highest BCUT2D eigenvalue weighted by Crippen LogP contribution is 2.27. The van der Waals surface area contributed by atoms with Gasteiger partial charge in [-0.15, -0.1) is 0 Å². The summed E-state index contributed by atoms with van der Waals surface area (Å²) >= 11 is 1.19. The van der Waals surface area contributed by atoms with Crippen molar-refractivity contribution in [3.05, 3.63) is 65.5 Å². The van der Waals surface area contributed by atoms with Crippen LogP contribution < -0.4 is 14.8 Å². The van der Waals surface area contributed by atoms with Gasteiger partial charge in [-0.25, -0.2) is 4.98 Å². The Morgan fingerprint density at radius 1 is 1.11 bits per heavy atom. The van der Waals surface area contributed by atoms with Crippen molar-refractivity contribution >= 4 is 22.6 Å². The maximum absolute atomic E-state index is 12.7. The first-order valence-electron chi connectivity index (χ1n) is 8.69. The molecule has 1 amide bonds. The molecule has 0 radical (unpaired) electrons. The molecule has 0 unspecified atom stereocenters. The summed E-state index contributed by atoms with van der Waals surface area (Å²) < 4.78 is 15.4. The second-order valence-electron chi connectivity index (χ2n) is 5.82. The summed E-state index contributed by atoms with van der Waals surface area (Å²) in [6.45, 7) is 2.32. The van der Waals surface area contributed by atoms with Crippen LogP contribution in [0.1, 0.15) is 35.1 Å². The Hall–Kier alpha value is -2.93. The zero-order valence-electron chi connectivity index (χ0n) is 15.3. The third-order valence-corrected chi connectivity index (χ3v) is 4.54. The number of amides is 1. The first-order chi connectivity index (χ1) is 13.2. The number of carbonyl (C=O) groups excluding carboxylic acids is 1. The van der Waals surface area contributed by atoms with Gasteiger partial charge in [-0.3, -0.25) is 10.1 Å². The van der Waals surface area contributed by atoms with Crippen molar-refractivity contribution in [2.24, 2.45) is 0 Å². The van der Waals surface area contributed by atoms with Crippen LogP contribution in [0.3, 0.4) is 0 Å². The summed E-state index contributed by atoms with van der Waals surface area (Å²) in [5.74, 6) is 1.80. The number of para-hydroxylation sites is 2. The molecule has 0 saturated heterocycles. The Morgan fingerprint density at radius 2 is 1.85 bits per heavy atom. The minimum Gasteiger partial charge on any atom is -0.493 e. The number of hydrogen-bond acceptors (Lipinski definition) is 6. The van der Waals surface area contributed by atoms with Crippen LogP contribution in [0.5, 0.6) is 11.5 Å². The number of anilines is 1. The minimum absolute atomic E-state index is 0.228. The van der Waals surface area contributed by atoms with E-state index in [1.165, 1.54) is 11.5 Å². The van der Waals surface area contributed by atoms with Crippen LogP contribution in [0.2, 0.25) is 0 Å². The number of nitrogens with one attached hydrogen (secondary N) is 1. The van der Waals surface area contributed by atoms with Crippen molar-refractivity contribution in [2.75, 3.05) is 12.4 Å². The number of aromatic nitrogens is 2. The molecule has 1 N–H and O–H groups in total. The Balaban J connectivity index is 1.71. The summed E-state index contributed by atoms with van der Waals surface area (Å²) in [6, 6.07) is 14.8. The van der Waals surface area contributed by atoms with E-state index in [1.54, 1.807) is 13.2 Å². The molecule has 0 aliphatic rings. The van der Waals surface area contributed by atoms with Crippen molar-refractivity contribution in [2.45, 2.75) is 26.4 Å². The number of rotatable bonds is 8. The van der Waals surface area contributed by atoms with E-state index in [2.05, 4.69) is 21.6 Å². The number of methoxy groups -OCH3 is 1. The number of carbonyl (C=O) groups is 1. The standard InChI is InChI=1S/C20H21N3O3S/c1-3-8-18-21-20(27-23-18)22-19(24)15-10-5-4-9-14(15)13-26-17-12-7-6-11-16(17)25-2/h4-7,9-12H,3,8,13H2,1-2H3,(H,21,22,23,24). The van der Waals surface area contributed by atoms with E-state index in [0.717, 1.165) is 24.2 Å². The molecule has 1 aromatic heterocycles. The molecule has 0 spiro atoms. The smallest absolute Gasteiger partial charge is 0.257 e. The molecule has 3 aromatic rings. The Kier molecular flexibility index (Phi) is 6.38. The molecule has 0 atom stereocenters. The second-order valence-corrected chi connectivity index (χ2v) is 6.57. The second kappa shape index (κ2) is 9.14. The lowest BCUT2D eigenvalue weighted by molar-refractivity contribution is 0.102. The first-order valence-corrected chi connectivity index (χ1v) is 9.46. The molecule has 6 nitrogen and oxygen atoms in total. The van der Waals surface area contributed by atoms with Crippen LogP contribution in [-0.4, -0.2) is 22.4 Å². The fourth-order valence-corrected chi connectivity index (χ4v) is 3.16. The number of nitrogens with zero attached hydrogens (tertiary/aromatic N) is 2. The van der Waals surface area contributed by atoms with Gasteiger partial charge in [0.05, 0.1) is 7.11 Å². The molecule has 27 heavy (non-hydrogen) atoms. The monoisotopic (exact) mass is 383 g/mol. The van der Waals surface area contributed by atoms with Crippen LogP contribution in [0.15, 0.2) is 48.5 Å². The van der Waals surface area contributed by atoms with Gasteiger partial charge >= 0.3 is 0 Å². The molecular weight excluding hydrogens is 362 g/mol. The lowest BCUT2D eigenvalue weighted by Gasteiger charge is -2.12. The van der Waals surface area contributed by atoms with Gasteiger partial charge < -0.3 is 9.47 Å². The van der Waals surface area contributed by atoms with Gasteiger partial charge in [0.25, 0.3) is 5.91 Å². The van der Waals surface area contributed by atoms with Crippen molar-refractivity contribution in [1.29, 1.82) is 0 Å². The first kappa shape index (κ1) is 18.8.